The molecule has 5 heteroatoms. The molecule has 24 heavy (non-hydrogen) atoms. The molecule has 0 saturated carbocycles. The minimum Gasteiger partial charge on any atom is -0.481 e. The Bertz CT molecular complexity index is 739. The fourth-order valence-electron chi connectivity index (χ4n) is 2.26. The van der Waals surface area contributed by atoms with Crippen molar-refractivity contribution in [3.63, 3.8) is 0 Å². The van der Waals surface area contributed by atoms with Gasteiger partial charge in [-0.15, -0.1) is 0 Å². The maximum Gasteiger partial charge on any atom is 0.265 e. The number of benzene rings is 2. The summed E-state index contributed by atoms with van der Waals surface area (Å²) in [5.41, 5.74) is 3.47. The standard InChI is InChI=1S/C19H22N2O3/c1-12-5-10-18(13(2)11-12)24-14(3)19(23)21-17-8-6-16(7-9-17)20-15(4)22/h5-11,14H,1-4H3,(H,20,22)(H,21,23)/t14-/m1/s1. The number of carbonyl (C=O) groups excluding carboxylic acids is 2. The number of nitrogens with one attached hydrogen (secondary N) is 2. The van der Waals surface area contributed by atoms with Gasteiger partial charge in [0, 0.05) is 18.3 Å². The number of carbonyl (C=O) groups is 2. The topological polar surface area (TPSA) is 67.4 Å². The van der Waals surface area contributed by atoms with E-state index in [0.29, 0.717) is 17.1 Å². The molecule has 126 valence electrons. The minimum atomic E-state index is -0.624. The van der Waals surface area contributed by atoms with Crippen LogP contribution in [0.15, 0.2) is 42.5 Å². The van der Waals surface area contributed by atoms with Crippen LogP contribution in [0, 0.1) is 13.8 Å². The molecular formula is C19H22N2O3. The Kier molecular flexibility index (Phi) is 5.58. The van der Waals surface area contributed by atoms with Crippen molar-refractivity contribution in [2.45, 2.75) is 33.8 Å². The zero-order chi connectivity index (χ0) is 17.7. The van der Waals surface area contributed by atoms with E-state index in [1.165, 1.54) is 6.92 Å². The van der Waals surface area contributed by atoms with Gasteiger partial charge in [-0.25, -0.2) is 0 Å². The van der Waals surface area contributed by atoms with Crippen molar-refractivity contribution in [3.05, 3.63) is 53.6 Å². The van der Waals surface area contributed by atoms with Gasteiger partial charge in [0.25, 0.3) is 5.91 Å². The molecule has 0 fully saturated rings. The molecule has 0 bridgehead atoms. The van der Waals surface area contributed by atoms with Gasteiger partial charge in [-0.2, -0.15) is 0 Å². The second-order valence-electron chi connectivity index (χ2n) is 5.78. The van der Waals surface area contributed by atoms with Gasteiger partial charge in [-0.05, 0) is 56.7 Å². The summed E-state index contributed by atoms with van der Waals surface area (Å²) in [7, 11) is 0. The first-order chi connectivity index (χ1) is 11.3. The molecule has 1 atom stereocenters. The van der Waals surface area contributed by atoms with E-state index < -0.39 is 6.10 Å². The summed E-state index contributed by atoms with van der Waals surface area (Å²) in [5.74, 6) is 0.328. The maximum absolute atomic E-state index is 12.3. The predicted octanol–water partition coefficient (Wildman–Crippen LogP) is 3.67. The highest BCUT2D eigenvalue weighted by Gasteiger charge is 2.16. The van der Waals surface area contributed by atoms with Gasteiger partial charge in [0.15, 0.2) is 6.10 Å². The first-order valence-electron chi connectivity index (χ1n) is 7.77. The molecule has 2 aromatic carbocycles. The van der Waals surface area contributed by atoms with E-state index in [9.17, 15) is 9.59 Å². The van der Waals surface area contributed by atoms with Gasteiger partial charge in [0.2, 0.25) is 5.91 Å². The predicted molar refractivity (Wildman–Crippen MR) is 95.4 cm³/mol. The lowest BCUT2D eigenvalue weighted by molar-refractivity contribution is -0.122. The van der Waals surface area contributed by atoms with Crippen molar-refractivity contribution in [1.29, 1.82) is 0 Å². The van der Waals surface area contributed by atoms with Gasteiger partial charge in [-0.1, -0.05) is 17.7 Å². The highest BCUT2D eigenvalue weighted by molar-refractivity contribution is 5.94. The van der Waals surface area contributed by atoms with Gasteiger partial charge < -0.3 is 15.4 Å². The summed E-state index contributed by atoms with van der Waals surface area (Å²) in [5, 5.41) is 5.47. The average Bonchev–Trinajstić information content (AvgIpc) is 2.51. The number of hydrogen-bond acceptors (Lipinski definition) is 3. The molecule has 5 nitrogen and oxygen atoms in total. The lowest BCUT2D eigenvalue weighted by atomic mass is 10.1. The summed E-state index contributed by atoms with van der Waals surface area (Å²) < 4.78 is 5.74. The minimum absolute atomic E-state index is 0.137. The summed E-state index contributed by atoms with van der Waals surface area (Å²) in [6.07, 6.45) is -0.624. The first-order valence-corrected chi connectivity index (χ1v) is 7.77. The fraction of sp³-hybridized carbons (Fsp3) is 0.263. The van der Waals surface area contributed by atoms with Crippen LogP contribution in [0.5, 0.6) is 5.75 Å². The molecule has 0 radical (unpaired) electrons. The van der Waals surface area contributed by atoms with Crippen LogP contribution in [-0.2, 0) is 9.59 Å². The smallest absolute Gasteiger partial charge is 0.265 e. The molecule has 2 N–H and O–H groups in total. The van der Waals surface area contributed by atoms with E-state index in [4.69, 9.17) is 4.74 Å². The molecule has 0 saturated heterocycles. The van der Waals surface area contributed by atoms with E-state index in [1.807, 2.05) is 32.0 Å². The van der Waals surface area contributed by atoms with Crippen molar-refractivity contribution in [2.75, 3.05) is 10.6 Å². The molecule has 2 amide bonds. The Hall–Kier alpha value is -2.82. The van der Waals surface area contributed by atoms with Crippen LogP contribution in [0.2, 0.25) is 0 Å². The maximum atomic E-state index is 12.3. The molecule has 0 aliphatic carbocycles. The molecule has 0 aliphatic heterocycles. The largest absolute Gasteiger partial charge is 0.481 e. The number of aryl methyl sites for hydroxylation is 2. The molecule has 2 aromatic rings. The number of hydrogen-bond donors (Lipinski definition) is 2. The highest BCUT2D eigenvalue weighted by Crippen LogP contribution is 2.20. The van der Waals surface area contributed by atoms with Crippen LogP contribution in [0.3, 0.4) is 0 Å². The van der Waals surface area contributed by atoms with Gasteiger partial charge in [0.05, 0.1) is 0 Å². The third-order valence-electron chi connectivity index (χ3n) is 3.48. The highest BCUT2D eigenvalue weighted by atomic mass is 16.5. The van der Waals surface area contributed by atoms with Crippen LogP contribution in [0.4, 0.5) is 11.4 Å². The lowest BCUT2D eigenvalue weighted by Gasteiger charge is -2.16. The Labute approximate surface area is 142 Å². The monoisotopic (exact) mass is 326 g/mol. The van der Waals surface area contributed by atoms with Crippen LogP contribution < -0.4 is 15.4 Å². The average molecular weight is 326 g/mol. The van der Waals surface area contributed by atoms with Crippen LogP contribution >= 0.6 is 0 Å². The molecule has 2 rings (SSSR count). The van der Waals surface area contributed by atoms with Gasteiger partial charge in [-0.3, -0.25) is 9.59 Å². The van der Waals surface area contributed by atoms with E-state index in [2.05, 4.69) is 10.6 Å². The van der Waals surface area contributed by atoms with E-state index >= 15 is 0 Å². The molecular weight excluding hydrogens is 304 g/mol. The summed E-state index contributed by atoms with van der Waals surface area (Å²) in [6.45, 7) is 7.12. The Morgan fingerprint density at radius 3 is 2.08 bits per heavy atom. The van der Waals surface area contributed by atoms with E-state index in [0.717, 1.165) is 11.1 Å². The van der Waals surface area contributed by atoms with E-state index in [-0.39, 0.29) is 11.8 Å². The Morgan fingerprint density at radius 1 is 0.958 bits per heavy atom. The van der Waals surface area contributed by atoms with Crippen molar-refractivity contribution in [3.8, 4) is 5.75 Å². The fourth-order valence-corrected chi connectivity index (χ4v) is 2.26. The number of rotatable bonds is 5. The zero-order valence-electron chi connectivity index (χ0n) is 14.3. The first kappa shape index (κ1) is 17.5. The van der Waals surface area contributed by atoms with Crippen molar-refractivity contribution >= 4 is 23.2 Å². The molecule has 0 unspecified atom stereocenters. The SMILES string of the molecule is CC(=O)Nc1ccc(NC(=O)[C@@H](C)Oc2ccc(C)cc2C)cc1. The second kappa shape index (κ2) is 7.64. The van der Waals surface area contributed by atoms with Crippen LogP contribution in [0.25, 0.3) is 0 Å². The molecule has 0 spiro atoms. The van der Waals surface area contributed by atoms with E-state index in [1.54, 1.807) is 31.2 Å². The quantitative estimate of drug-likeness (QED) is 0.881. The van der Waals surface area contributed by atoms with Gasteiger partial charge in [0.1, 0.15) is 5.75 Å². The van der Waals surface area contributed by atoms with Crippen LogP contribution in [0.1, 0.15) is 25.0 Å². The third-order valence-corrected chi connectivity index (χ3v) is 3.48. The Balaban J connectivity index is 1.97. The number of amides is 2. The van der Waals surface area contributed by atoms with Crippen molar-refractivity contribution in [1.82, 2.24) is 0 Å². The van der Waals surface area contributed by atoms with Crippen molar-refractivity contribution < 1.29 is 14.3 Å². The number of anilines is 2. The molecule has 0 heterocycles. The molecule has 0 aliphatic rings. The number of ether oxygens (including phenoxy) is 1. The zero-order valence-corrected chi connectivity index (χ0v) is 14.3. The van der Waals surface area contributed by atoms with Crippen LogP contribution in [-0.4, -0.2) is 17.9 Å². The summed E-state index contributed by atoms with van der Waals surface area (Å²) in [4.78, 5) is 23.2. The third kappa shape index (κ3) is 4.84. The second-order valence-corrected chi connectivity index (χ2v) is 5.78. The van der Waals surface area contributed by atoms with Gasteiger partial charge >= 0.3 is 0 Å². The molecule has 0 aromatic heterocycles. The normalized spacial score (nSPS) is 11.5. The summed E-state index contributed by atoms with van der Waals surface area (Å²) in [6, 6.07) is 12.8. The Morgan fingerprint density at radius 2 is 1.54 bits per heavy atom. The van der Waals surface area contributed by atoms with Crippen molar-refractivity contribution in [2.24, 2.45) is 0 Å². The summed E-state index contributed by atoms with van der Waals surface area (Å²) >= 11 is 0. The lowest BCUT2D eigenvalue weighted by Crippen LogP contribution is -2.30.